The zero-order chi connectivity index (χ0) is 11.7. The predicted molar refractivity (Wildman–Crippen MR) is 57.6 cm³/mol. The Kier molecular flexibility index (Phi) is 5.43. The standard InChI is InChI=1S/C7H6O2.C4H11N/c8-7(9)6-4-2-1-3-5-6;1-4-5(2)3/h1-5H,(H,8,9);4H2,1-3H3/i;2D. The molecule has 0 radical (unpaired) electrons. The van der Waals surface area contributed by atoms with Crippen molar-refractivity contribution in [2.45, 2.75) is 6.92 Å². The third kappa shape index (κ3) is 6.20. The molecule has 0 fully saturated rings. The molecule has 0 aromatic heterocycles. The van der Waals surface area contributed by atoms with E-state index < -0.39 is 5.97 Å². The molecule has 0 unspecified atom stereocenters. The van der Waals surface area contributed by atoms with Crippen molar-refractivity contribution in [3.05, 3.63) is 35.9 Å². The second kappa shape index (κ2) is 7.09. The minimum Gasteiger partial charge on any atom is -0.478 e. The fourth-order valence-electron chi connectivity index (χ4n) is 0.581. The molecule has 1 rings (SSSR count). The minimum absolute atomic E-state index is 0.331. The van der Waals surface area contributed by atoms with Crippen LogP contribution in [0.1, 0.15) is 18.7 Å². The summed E-state index contributed by atoms with van der Waals surface area (Å²) in [5.41, 5.74) is 0.331. The van der Waals surface area contributed by atoms with E-state index in [4.69, 9.17) is 6.48 Å². The van der Waals surface area contributed by atoms with Crippen LogP contribution in [0.2, 0.25) is 0 Å². The molecule has 0 amide bonds. The fourth-order valence-corrected chi connectivity index (χ4v) is 0.581. The van der Waals surface area contributed by atoms with Gasteiger partial charge in [0.05, 0.1) is 5.56 Å². The average Bonchev–Trinajstić information content (AvgIpc) is 2.30. The molecular weight excluding hydrogens is 178 g/mol. The van der Waals surface area contributed by atoms with Gasteiger partial charge in [-0.05, 0) is 32.7 Å². The first-order valence-corrected chi connectivity index (χ1v) is 4.38. The van der Waals surface area contributed by atoms with Crippen molar-refractivity contribution in [3.8, 4) is 0 Å². The first-order chi connectivity index (χ1) is 7.11. The maximum absolute atomic E-state index is 10.2. The Labute approximate surface area is 86.4 Å². The first-order valence-electron chi connectivity index (χ1n) is 5.08. The van der Waals surface area contributed by atoms with Gasteiger partial charge in [-0.3, -0.25) is 0 Å². The number of nitrogens with zero attached hydrogens (tertiary/aromatic N) is 1. The van der Waals surface area contributed by atoms with Gasteiger partial charge in [0.1, 0.15) is 0 Å². The van der Waals surface area contributed by atoms with Crippen molar-refractivity contribution >= 4 is 5.97 Å². The van der Waals surface area contributed by atoms with Crippen LogP contribution < -0.4 is 0 Å². The van der Waals surface area contributed by atoms with E-state index in [-0.39, 0.29) is 0 Å². The zero-order valence-electron chi connectivity index (χ0n) is 9.60. The number of aromatic carboxylic acids is 1. The average molecular weight is 196 g/mol. The summed E-state index contributed by atoms with van der Waals surface area (Å²) in [6.45, 7) is 3.01. The van der Waals surface area contributed by atoms with Crippen LogP contribution in [0.4, 0.5) is 0 Å². The quantitative estimate of drug-likeness (QED) is 0.786. The highest BCUT2D eigenvalue weighted by molar-refractivity contribution is 5.87. The lowest BCUT2D eigenvalue weighted by molar-refractivity contribution is 0.0697. The molecular formula is C11H17NO2. The summed E-state index contributed by atoms with van der Waals surface area (Å²) < 4.78 is 6.73. The van der Waals surface area contributed by atoms with Crippen LogP contribution in [-0.4, -0.2) is 36.6 Å². The van der Waals surface area contributed by atoms with E-state index in [0.717, 1.165) is 6.54 Å². The molecule has 0 saturated heterocycles. The van der Waals surface area contributed by atoms with E-state index >= 15 is 0 Å². The molecule has 3 heteroatoms. The summed E-state index contributed by atoms with van der Waals surface area (Å²) in [4.78, 5) is 12.1. The van der Waals surface area contributed by atoms with Gasteiger partial charge in [0, 0.05) is 1.37 Å². The molecule has 1 aromatic carbocycles. The summed E-state index contributed by atoms with van der Waals surface area (Å²) in [7, 11) is 2.34. The van der Waals surface area contributed by atoms with Gasteiger partial charge >= 0.3 is 5.97 Å². The number of carbonyl (C=O) groups is 1. The van der Waals surface area contributed by atoms with Crippen molar-refractivity contribution in [3.63, 3.8) is 0 Å². The number of benzene rings is 1. The second-order valence-electron chi connectivity index (χ2n) is 2.84. The van der Waals surface area contributed by atoms with Gasteiger partial charge in [0.15, 0.2) is 0 Å². The highest BCUT2D eigenvalue weighted by Gasteiger charge is 1.96. The molecule has 78 valence electrons. The van der Waals surface area contributed by atoms with Crippen LogP contribution in [-0.2, 0) is 0 Å². The van der Waals surface area contributed by atoms with Crippen molar-refractivity contribution < 1.29 is 11.3 Å². The lowest BCUT2D eigenvalue weighted by Gasteiger charge is -2.00. The van der Waals surface area contributed by atoms with Crippen molar-refractivity contribution in [2.24, 2.45) is 0 Å². The van der Waals surface area contributed by atoms with Gasteiger partial charge in [-0.1, -0.05) is 25.1 Å². The Balaban J connectivity index is 0.000000288. The van der Waals surface area contributed by atoms with Gasteiger partial charge < -0.3 is 10.0 Å². The Morgan fingerprint density at radius 2 is 2.07 bits per heavy atom. The molecule has 1 aromatic rings. The molecule has 0 aliphatic carbocycles. The lowest BCUT2D eigenvalue weighted by atomic mass is 10.2. The van der Waals surface area contributed by atoms with Crippen molar-refractivity contribution in [1.82, 2.24) is 4.90 Å². The van der Waals surface area contributed by atoms with Gasteiger partial charge in [-0.2, -0.15) is 0 Å². The lowest BCUT2D eigenvalue weighted by Crippen LogP contribution is -2.08. The summed E-state index contributed by atoms with van der Waals surface area (Å²) in [5.74, 6) is -0.879. The van der Waals surface area contributed by atoms with Crippen LogP contribution in [0.3, 0.4) is 0 Å². The largest absolute Gasteiger partial charge is 0.478 e. The van der Waals surface area contributed by atoms with E-state index in [1.807, 2.05) is 18.9 Å². The number of hydrogen-bond acceptors (Lipinski definition) is 2. The molecule has 0 atom stereocenters. The fraction of sp³-hybridized carbons (Fsp3) is 0.364. The topological polar surface area (TPSA) is 40.5 Å². The minimum atomic E-state index is -0.879. The molecule has 0 aliphatic heterocycles. The molecule has 1 N–H and O–H groups in total. The van der Waals surface area contributed by atoms with Gasteiger partial charge in [-0.15, -0.1) is 0 Å². The Hall–Kier alpha value is -1.35. The first kappa shape index (κ1) is 10.7. The number of rotatable bonds is 2. The third-order valence-electron chi connectivity index (χ3n) is 1.56. The van der Waals surface area contributed by atoms with Gasteiger partial charge in [-0.25, -0.2) is 4.79 Å². The number of carboxylic acids is 1. The van der Waals surface area contributed by atoms with Crippen LogP contribution in [0.5, 0.6) is 0 Å². The smallest absolute Gasteiger partial charge is 0.335 e. The second-order valence-corrected chi connectivity index (χ2v) is 2.84. The Bertz CT molecular complexity index is 273. The normalized spacial score (nSPS) is 10.1. The monoisotopic (exact) mass is 196 g/mol. The van der Waals surface area contributed by atoms with E-state index in [2.05, 4.69) is 0 Å². The van der Waals surface area contributed by atoms with Crippen molar-refractivity contribution in [2.75, 3.05) is 20.6 Å². The molecule has 0 aliphatic rings. The number of carboxylic acid groups (broad SMARTS) is 1. The summed E-state index contributed by atoms with van der Waals surface area (Å²) in [6.07, 6.45) is 0. The maximum Gasteiger partial charge on any atom is 0.335 e. The van der Waals surface area contributed by atoms with Crippen LogP contribution in [0, 0.1) is 0 Å². The summed E-state index contributed by atoms with van der Waals surface area (Å²) >= 11 is 0. The van der Waals surface area contributed by atoms with E-state index in [1.165, 1.54) is 0 Å². The highest BCUT2D eigenvalue weighted by Crippen LogP contribution is 1.96. The van der Waals surface area contributed by atoms with E-state index in [9.17, 15) is 4.79 Å². The molecule has 0 bridgehead atoms. The number of hydrogen-bond donors (Lipinski definition) is 1. The van der Waals surface area contributed by atoms with Gasteiger partial charge in [0.25, 0.3) is 0 Å². The maximum atomic E-state index is 10.2. The summed E-state index contributed by atoms with van der Waals surface area (Å²) in [5, 5.41) is 8.38. The SMILES string of the molecule is O=C(O)c1ccccc1.[2H]CN(C)CC. The predicted octanol–water partition coefficient (Wildman–Crippen LogP) is 1.95. The van der Waals surface area contributed by atoms with E-state index in [0.29, 0.717) is 12.6 Å². The van der Waals surface area contributed by atoms with Crippen LogP contribution in [0.15, 0.2) is 30.3 Å². The molecule has 3 nitrogen and oxygen atoms in total. The van der Waals surface area contributed by atoms with E-state index in [1.54, 1.807) is 30.3 Å². The van der Waals surface area contributed by atoms with Gasteiger partial charge in [0.2, 0.25) is 0 Å². The Morgan fingerprint density at radius 3 is 2.29 bits per heavy atom. The molecule has 0 saturated carbocycles. The van der Waals surface area contributed by atoms with Crippen molar-refractivity contribution in [1.29, 1.82) is 0 Å². The zero-order valence-corrected chi connectivity index (χ0v) is 8.60. The molecule has 14 heavy (non-hydrogen) atoms. The highest BCUT2D eigenvalue weighted by atomic mass is 16.4. The molecule has 0 spiro atoms. The Morgan fingerprint density at radius 1 is 1.50 bits per heavy atom. The third-order valence-corrected chi connectivity index (χ3v) is 1.56. The van der Waals surface area contributed by atoms with Crippen LogP contribution in [0.25, 0.3) is 0 Å². The van der Waals surface area contributed by atoms with Crippen LogP contribution >= 0.6 is 0 Å². The summed E-state index contributed by atoms with van der Waals surface area (Å²) in [6, 6.07) is 8.30. The molecule has 0 heterocycles.